The molecular weight excluding hydrogens is 402 g/mol. The van der Waals surface area contributed by atoms with Crippen molar-refractivity contribution in [1.82, 2.24) is 0 Å². The van der Waals surface area contributed by atoms with Gasteiger partial charge in [0.2, 0.25) is 0 Å². The van der Waals surface area contributed by atoms with Crippen molar-refractivity contribution in [2.24, 2.45) is 0 Å². The van der Waals surface area contributed by atoms with Crippen LogP contribution in [0.3, 0.4) is 0 Å². The van der Waals surface area contributed by atoms with Gasteiger partial charge >= 0.3 is 0 Å². The number of hydrogen-bond donors (Lipinski definition) is 2. The Morgan fingerprint density at radius 2 is 0.760 bits per heavy atom. The maximum absolute atomic E-state index is 8.72. The van der Waals surface area contributed by atoms with Gasteiger partial charge in [0, 0.05) is 32.3 Å². The molecule has 0 fully saturated rings. The van der Waals surface area contributed by atoms with Crippen molar-refractivity contribution < 1.29 is 29.7 Å². The summed E-state index contributed by atoms with van der Waals surface area (Å²) in [7, 11) is 0. The van der Waals surface area contributed by atoms with E-state index >= 15 is 0 Å². The smallest absolute Gasteiger partial charge is 0.156 e. The van der Waals surface area contributed by atoms with E-state index in [-0.39, 0.29) is 29.6 Å². The SMILES string of the molecule is CCCCCCCCCC(O)=S.CCCCCCCCCC(O)=S.[Zn]. The van der Waals surface area contributed by atoms with Crippen LogP contribution < -0.4 is 0 Å². The van der Waals surface area contributed by atoms with Gasteiger partial charge in [0.05, 0.1) is 0 Å². The standard InChI is InChI=1S/2C10H20OS.Zn/c2*1-2-3-4-5-6-7-8-9-10(11)12;/h2*2-9H2,1H3,(H,11,12);. The van der Waals surface area contributed by atoms with Crippen LogP contribution in [0.2, 0.25) is 0 Å². The molecule has 0 radical (unpaired) electrons. The molecule has 2 N–H and O–H groups in total. The van der Waals surface area contributed by atoms with Crippen LogP contribution in [0.15, 0.2) is 0 Å². The second-order valence-electron chi connectivity index (χ2n) is 6.53. The average Bonchev–Trinajstić information content (AvgIpc) is 2.53. The van der Waals surface area contributed by atoms with Crippen molar-refractivity contribution >= 4 is 34.5 Å². The molecule has 0 aliphatic carbocycles. The minimum absolute atomic E-state index is 0. The summed E-state index contributed by atoms with van der Waals surface area (Å²) in [5.41, 5.74) is 0. The summed E-state index contributed by atoms with van der Waals surface area (Å²) in [5, 5.41) is 17.8. The second-order valence-corrected chi connectivity index (χ2v) is 7.47. The first-order valence-corrected chi connectivity index (χ1v) is 10.8. The first-order valence-electron chi connectivity index (χ1n) is 9.98. The molecule has 0 unspecified atom stereocenters. The number of aliphatic hydroxyl groups is 2. The van der Waals surface area contributed by atoms with Gasteiger partial charge in [-0.2, -0.15) is 0 Å². The zero-order chi connectivity index (χ0) is 18.5. The predicted octanol–water partition coefficient (Wildman–Crippen LogP) is 8.02. The van der Waals surface area contributed by atoms with Crippen LogP contribution >= 0.6 is 24.4 Å². The fourth-order valence-electron chi connectivity index (χ4n) is 2.47. The molecule has 0 aliphatic rings. The molecule has 0 rings (SSSR count). The van der Waals surface area contributed by atoms with Gasteiger partial charge in [-0.05, 0) is 37.3 Å². The minimum atomic E-state index is 0. The fraction of sp³-hybridized carbons (Fsp3) is 0.900. The Morgan fingerprint density at radius 1 is 0.520 bits per heavy atom. The van der Waals surface area contributed by atoms with Crippen LogP contribution in [-0.2, 0) is 19.5 Å². The van der Waals surface area contributed by atoms with Crippen LogP contribution in [0.4, 0.5) is 0 Å². The third-order valence-electron chi connectivity index (χ3n) is 3.99. The number of aliphatic hydroxyl groups excluding tert-OH is 2. The molecule has 146 valence electrons. The quantitative estimate of drug-likeness (QED) is 0.144. The van der Waals surface area contributed by atoms with Crippen molar-refractivity contribution in [3.63, 3.8) is 0 Å². The first-order chi connectivity index (χ1) is 11.5. The topological polar surface area (TPSA) is 40.5 Å². The predicted molar refractivity (Wildman–Crippen MR) is 116 cm³/mol. The Hall–Kier alpha value is 0.403. The van der Waals surface area contributed by atoms with E-state index in [1.807, 2.05) is 0 Å². The molecule has 25 heavy (non-hydrogen) atoms. The number of unbranched alkanes of at least 4 members (excludes halogenated alkanes) is 12. The van der Waals surface area contributed by atoms with Gasteiger partial charge in [0.1, 0.15) is 0 Å². The van der Waals surface area contributed by atoms with Crippen LogP contribution in [0.25, 0.3) is 0 Å². The van der Waals surface area contributed by atoms with Gasteiger partial charge in [-0.1, -0.05) is 90.9 Å². The number of rotatable bonds is 16. The molecular formula is C20H40O2S2Zn. The molecule has 0 aliphatic heterocycles. The van der Waals surface area contributed by atoms with Crippen LogP contribution in [0.1, 0.15) is 117 Å². The fourth-order valence-corrected chi connectivity index (χ4v) is 2.76. The molecule has 0 aromatic heterocycles. The largest absolute Gasteiger partial charge is 0.502 e. The van der Waals surface area contributed by atoms with Crippen LogP contribution in [-0.4, -0.2) is 20.3 Å². The van der Waals surface area contributed by atoms with E-state index in [1.54, 1.807) is 0 Å². The van der Waals surface area contributed by atoms with Crippen molar-refractivity contribution in [1.29, 1.82) is 0 Å². The Labute approximate surface area is 180 Å². The monoisotopic (exact) mass is 440 g/mol. The third kappa shape index (κ3) is 36.2. The summed E-state index contributed by atoms with van der Waals surface area (Å²) < 4.78 is 0. The average molecular weight is 442 g/mol. The maximum Gasteiger partial charge on any atom is 0.156 e. The van der Waals surface area contributed by atoms with Crippen LogP contribution in [0, 0.1) is 0 Å². The van der Waals surface area contributed by atoms with E-state index in [0.29, 0.717) is 12.8 Å². The van der Waals surface area contributed by atoms with E-state index in [0.717, 1.165) is 12.8 Å². The molecule has 0 bridgehead atoms. The van der Waals surface area contributed by atoms with E-state index in [9.17, 15) is 0 Å². The van der Waals surface area contributed by atoms with Crippen LogP contribution in [0.5, 0.6) is 0 Å². The summed E-state index contributed by atoms with van der Waals surface area (Å²) in [6, 6.07) is 0. The van der Waals surface area contributed by atoms with Gasteiger partial charge in [-0.25, -0.2) is 0 Å². The number of hydrogen-bond acceptors (Lipinski definition) is 2. The Morgan fingerprint density at radius 3 is 1.00 bits per heavy atom. The first kappa shape index (κ1) is 30.1. The molecule has 0 heterocycles. The van der Waals surface area contributed by atoms with Gasteiger partial charge < -0.3 is 10.2 Å². The van der Waals surface area contributed by atoms with Crippen molar-refractivity contribution in [3.05, 3.63) is 0 Å². The molecule has 5 heteroatoms. The van der Waals surface area contributed by atoms with E-state index in [2.05, 4.69) is 38.3 Å². The third-order valence-corrected chi connectivity index (χ3v) is 4.40. The molecule has 2 nitrogen and oxygen atoms in total. The number of thiocarbonyl (C=S) groups is 2. The molecule has 0 saturated heterocycles. The Kier molecular flexibility index (Phi) is 32.1. The van der Waals surface area contributed by atoms with Gasteiger partial charge in [0.15, 0.2) is 10.1 Å². The van der Waals surface area contributed by atoms with E-state index in [1.165, 1.54) is 77.0 Å². The normalized spacial score (nSPS) is 9.68. The Balaban J connectivity index is -0.000000372. The Bertz CT molecular complexity index is 259. The molecule has 0 saturated carbocycles. The van der Waals surface area contributed by atoms with Gasteiger partial charge in [-0.15, -0.1) is 0 Å². The second kappa shape index (κ2) is 26.6. The zero-order valence-corrected chi connectivity index (χ0v) is 21.3. The summed E-state index contributed by atoms with van der Waals surface area (Å²) in [5.74, 6) is 0. The van der Waals surface area contributed by atoms with Crippen molar-refractivity contribution in [3.8, 4) is 0 Å². The molecule has 0 spiro atoms. The summed E-state index contributed by atoms with van der Waals surface area (Å²) >= 11 is 9.14. The molecule has 0 aromatic rings. The van der Waals surface area contributed by atoms with E-state index < -0.39 is 0 Å². The van der Waals surface area contributed by atoms with Gasteiger partial charge in [-0.3, -0.25) is 0 Å². The van der Waals surface area contributed by atoms with Crippen molar-refractivity contribution in [2.75, 3.05) is 0 Å². The molecule has 0 aromatic carbocycles. The summed E-state index contributed by atoms with van der Waals surface area (Å²) in [6.07, 6.45) is 19.3. The maximum atomic E-state index is 8.72. The van der Waals surface area contributed by atoms with Gasteiger partial charge in [0.25, 0.3) is 0 Å². The van der Waals surface area contributed by atoms with E-state index in [4.69, 9.17) is 10.2 Å². The molecule has 0 amide bonds. The summed E-state index contributed by atoms with van der Waals surface area (Å²) in [4.78, 5) is 0. The zero-order valence-electron chi connectivity index (χ0n) is 16.7. The minimum Gasteiger partial charge on any atom is -0.502 e. The molecule has 0 atom stereocenters. The summed E-state index contributed by atoms with van der Waals surface area (Å²) in [6.45, 7) is 4.45. The van der Waals surface area contributed by atoms with Crippen molar-refractivity contribution in [2.45, 2.75) is 117 Å².